The van der Waals surface area contributed by atoms with Crippen molar-refractivity contribution in [2.45, 2.75) is 63.8 Å². The minimum absolute atomic E-state index is 0.324. The Morgan fingerprint density at radius 1 is 0.950 bits per heavy atom. The number of aromatic nitrogens is 2. The van der Waals surface area contributed by atoms with Gasteiger partial charge in [-0.3, -0.25) is 4.90 Å². The summed E-state index contributed by atoms with van der Waals surface area (Å²) in [5.74, 6) is 5.42. The van der Waals surface area contributed by atoms with Gasteiger partial charge in [0.25, 0.3) is 0 Å². The maximum atomic E-state index is 8.89. The molecule has 5 rings (SSSR count). The van der Waals surface area contributed by atoms with Crippen molar-refractivity contribution >= 4 is 26.2 Å². The number of piperazine rings is 1. The molecule has 4 aliphatic rings. The van der Waals surface area contributed by atoms with Crippen LogP contribution < -0.4 is 26.6 Å². The molecule has 0 unspecified atom stereocenters. The Labute approximate surface area is 241 Å². The first kappa shape index (κ1) is 30.1. The van der Waals surface area contributed by atoms with E-state index in [-0.39, 0.29) is 0 Å². The van der Waals surface area contributed by atoms with Crippen molar-refractivity contribution in [3.8, 4) is 0 Å². The standard InChI is InChI=1S/C28H51N8O3P/c29-26-18-27(36-12-10-35(11-13-36)14-15-39-40(37)38)34-28(33-26)32-20-22-4-2-21(3-5-22)19-30-8-1-9-31-25-17-23-6-7-24(25)16-23/h18,21-25,30-31,37-38H,1-17,19-20H2,(H3,29,32,33,34)/t21?,22?,23-,24+,25-/m0/s1. The number of hydrogen-bond acceptors (Lipinski definition) is 11. The summed E-state index contributed by atoms with van der Waals surface area (Å²) in [5.41, 5.74) is 6.14. The maximum Gasteiger partial charge on any atom is 0.327 e. The molecule has 2 bridgehead atoms. The summed E-state index contributed by atoms with van der Waals surface area (Å²) in [7, 11) is -2.28. The van der Waals surface area contributed by atoms with Crippen LogP contribution in [0.25, 0.3) is 0 Å². The summed E-state index contributed by atoms with van der Waals surface area (Å²) in [6.45, 7) is 8.73. The van der Waals surface area contributed by atoms with E-state index in [9.17, 15) is 0 Å². The highest BCUT2D eigenvalue weighted by Crippen LogP contribution is 2.44. The van der Waals surface area contributed by atoms with Gasteiger partial charge in [-0.1, -0.05) is 6.42 Å². The summed E-state index contributed by atoms with van der Waals surface area (Å²) in [6, 6.07) is 2.66. The number of nitrogens with one attached hydrogen (secondary N) is 3. The highest BCUT2D eigenvalue weighted by Gasteiger charge is 2.38. The molecule has 1 saturated heterocycles. The summed E-state index contributed by atoms with van der Waals surface area (Å²) in [4.78, 5) is 31.5. The SMILES string of the molecule is Nc1cc(N2CCN(CCOP(O)O)CC2)nc(NCC2CCC(CNCCCN[C@H]3C[C@H]4CC[C@@H]3C4)CC2)n1. The van der Waals surface area contributed by atoms with Crippen LogP contribution in [-0.2, 0) is 4.52 Å². The predicted octanol–water partition coefficient (Wildman–Crippen LogP) is 2.39. The third kappa shape index (κ3) is 9.08. The summed E-state index contributed by atoms with van der Waals surface area (Å²) >= 11 is 0. The minimum atomic E-state index is -2.28. The quantitative estimate of drug-likeness (QED) is 0.135. The second-order valence-electron chi connectivity index (χ2n) is 12.5. The summed E-state index contributed by atoms with van der Waals surface area (Å²) < 4.78 is 4.89. The van der Waals surface area contributed by atoms with E-state index in [1.807, 2.05) is 6.07 Å². The zero-order valence-corrected chi connectivity index (χ0v) is 24.9. The smallest absolute Gasteiger partial charge is 0.327 e. The molecule has 3 saturated carbocycles. The molecule has 2 heterocycles. The number of fused-ring (bicyclic) bond motifs is 2. The van der Waals surface area contributed by atoms with Gasteiger partial charge < -0.3 is 40.9 Å². The Balaban J connectivity index is 0.933. The molecule has 1 aromatic heterocycles. The highest BCUT2D eigenvalue weighted by molar-refractivity contribution is 7.39. The van der Waals surface area contributed by atoms with Crippen LogP contribution in [0.2, 0.25) is 0 Å². The Morgan fingerprint density at radius 2 is 1.73 bits per heavy atom. The molecule has 0 spiro atoms. The van der Waals surface area contributed by atoms with Gasteiger partial charge in [-0.25, -0.2) is 0 Å². The van der Waals surface area contributed by atoms with Gasteiger partial charge in [0.15, 0.2) is 0 Å². The average molecular weight is 579 g/mol. The number of nitrogens with zero attached hydrogens (tertiary/aromatic N) is 4. The lowest BCUT2D eigenvalue weighted by molar-refractivity contribution is 0.184. The topological polar surface area (TPSA) is 144 Å². The van der Waals surface area contributed by atoms with Crippen molar-refractivity contribution in [2.24, 2.45) is 23.7 Å². The van der Waals surface area contributed by atoms with E-state index in [4.69, 9.17) is 25.0 Å². The van der Waals surface area contributed by atoms with Crippen molar-refractivity contribution in [3.63, 3.8) is 0 Å². The van der Waals surface area contributed by atoms with E-state index < -0.39 is 8.60 Å². The third-order valence-corrected chi connectivity index (χ3v) is 10.1. The zero-order chi connectivity index (χ0) is 27.7. The molecular weight excluding hydrogens is 527 g/mol. The molecular formula is C28H51N8O3P. The Morgan fingerprint density at radius 3 is 2.42 bits per heavy atom. The van der Waals surface area contributed by atoms with Gasteiger partial charge in [-0.05, 0) is 94.7 Å². The molecule has 3 atom stereocenters. The second-order valence-corrected chi connectivity index (χ2v) is 13.2. The third-order valence-electron chi connectivity index (χ3n) is 9.67. The van der Waals surface area contributed by atoms with Gasteiger partial charge in [-0.15, -0.1) is 0 Å². The lowest BCUT2D eigenvalue weighted by atomic mass is 9.82. The molecule has 11 nitrogen and oxygen atoms in total. The molecule has 226 valence electrons. The Hall–Kier alpha value is -1.33. The molecule has 7 N–H and O–H groups in total. The van der Waals surface area contributed by atoms with Crippen molar-refractivity contribution in [1.82, 2.24) is 25.5 Å². The summed E-state index contributed by atoms with van der Waals surface area (Å²) in [6.07, 6.45) is 12.2. The molecule has 3 aliphatic carbocycles. The number of rotatable bonds is 15. The summed E-state index contributed by atoms with van der Waals surface area (Å²) in [5, 5.41) is 11.0. The van der Waals surface area contributed by atoms with E-state index in [1.54, 1.807) is 0 Å². The number of hydrogen-bond donors (Lipinski definition) is 6. The Kier molecular flexibility index (Phi) is 11.5. The number of nitrogen functional groups attached to an aromatic ring is 1. The molecule has 12 heteroatoms. The number of anilines is 3. The van der Waals surface area contributed by atoms with Gasteiger partial charge in [0.05, 0.1) is 6.61 Å². The first-order valence-corrected chi connectivity index (χ1v) is 16.8. The zero-order valence-electron chi connectivity index (χ0n) is 24.0. The Bertz CT molecular complexity index is 898. The van der Waals surface area contributed by atoms with Gasteiger partial charge in [0.2, 0.25) is 5.95 Å². The van der Waals surface area contributed by atoms with Crippen molar-refractivity contribution in [1.29, 1.82) is 0 Å². The lowest BCUT2D eigenvalue weighted by Crippen LogP contribution is -2.47. The fourth-order valence-corrected chi connectivity index (χ4v) is 7.57. The molecule has 0 amide bonds. The fourth-order valence-electron chi connectivity index (χ4n) is 7.32. The van der Waals surface area contributed by atoms with Crippen molar-refractivity contribution in [3.05, 3.63) is 6.07 Å². The molecule has 1 aliphatic heterocycles. The van der Waals surface area contributed by atoms with Gasteiger partial charge in [0.1, 0.15) is 11.6 Å². The van der Waals surface area contributed by atoms with Crippen LogP contribution in [0.3, 0.4) is 0 Å². The van der Waals surface area contributed by atoms with E-state index in [0.29, 0.717) is 30.8 Å². The fraction of sp³-hybridized carbons (Fsp3) is 0.857. The van der Waals surface area contributed by atoms with E-state index >= 15 is 0 Å². The first-order chi connectivity index (χ1) is 19.5. The van der Waals surface area contributed by atoms with Crippen LogP contribution in [0, 0.1) is 23.7 Å². The van der Waals surface area contributed by atoms with Crippen molar-refractivity contribution < 1.29 is 14.3 Å². The molecule has 4 fully saturated rings. The largest absolute Gasteiger partial charge is 0.383 e. The average Bonchev–Trinajstić information content (AvgIpc) is 3.58. The van der Waals surface area contributed by atoms with E-state index in [2.05, 4.69) is 30.7 Å². The van der Waals surface area contributed by atoms with Crippen LogP contribution >= 0.6 is 8.60 Å². The second kappa shape index (κ2) is 15.2. The number of nitrogens with two attached hydrogens (primary N) is 1. The maximum absolute atomic E-state index is 8.89. The van der Waals surface area contributed by atoms with E-state index in [0.717, 1.165) is 82.0 Å². The molecule has 0 radical (unpaired) electrons. The van der Waals surface area contributed by atoms with Crippen LogP contribution in [0.5, 0.6) is 0 Å². The highest BCUT2D eigenvalue weighted by atomic mass is 31.2. The molecule has 40 heavy (non-hydrogen) atoms. The predicted molar refractivity (Wildman–Crippen MR) is 161 cm³/mol. The molecule has 0 aromatic carbocycles. The van der Waals surface area contributed by atoms with Gasteiger partial charge in [0, 0.05) is 51.4 Å². The van der Waals surface area contributed by atoms with E-state index in [1.165, 1.54) is 57.8 Å². The normalized spacial score (nSPS) is 29.0. The van der Waals surface area contributed by atoms with Gasteiger partial charge >= 0.3 is 8.60 Å². The van der Waals surface area contributed by atoms with Crippen LogP contribution in [0.15, 0.2) is 6.07 Å². The minimum Gasteiger partial charge on any atom is -0.383 e. The lowest BCUT2D eigenvalue weighted by Gasteiger charge is -2.35. The monoisotopic (exact) mass is 578 g/mol. The molecule has 1 aromatic rings. The first-order valence-electron chi connectivity index (χ1n) is 15.6. The van der Waals surface area contributed by atoms with Crippen LogP contribution in [-0.4, -0.2) is 96.2 Å². The van der Waals surface area contributed by atoms with Crippen LogP contribution in [0.1, 0.15) is 57.8 Å². The van der Waals surface area contributed by atoms with Crippen molar-refractivity contribution in [2.75, 3.05) is 81.5 Å². The van der Waals surface area contributed by atoms with Crippen LogP contribution in [0.4, 0.5) is 17.6 Å². The van der Waals surface area contributed by atoms with Gasteiger partial charge in [-0.2, -0.15) is 9.97 Å².